The Balaban J connectivity index is 2.12. The molecular formula is C20H21NO8. The Kier molecular flexibility index (Phi) is 7.13. The average molecular weight is 403 g/mol. The van der Waals surface area contributed by atoms with E-state index in [-0.39, 0.29) is 11.7 Å². The minimum atomic E-state index is -1.26. The van der Waals surface area contributed by atoms with Gasteiger partial charge in [0.25, 0.3) is 5.91 Å². The van der Waals surface area contributed by atoms with Crippen LogP contribution in [0.25, 0.3) is 0 Å². The molecule has 0 aliphatic rings. The van der Waals surface area contributed by atoms with E-state index in [1.807, 2.05) is 6.92 Å². The quantitative estimate of drug-likeness (QED) is 0.264. The molecule has 2 rings (SSSR count). The molecule has 3 N–H and O–H groups in total. The molecule has 2 aromatic rings. The lowest BCUT2D eigenvalue weighted by atomic mass is 10.1. The molecule has 0 aliphatic carbocycles. The van der Waals surface area contributed by atoms with Crippen LogP contribution in [0.2, 0.25) is 0 Å². The van der Waals surface area contributed by atoms with Gasteiger partial charge >= 0.3 is 17.5 Å². The van der Waals surface area contributed by atoms with Crippen LogP contribution in [0.1, 0.15) is 60.2 Å². The molecule has 1 amide bonds. The molecule has 0 unspecified atom stereocenters. The molecule has 1 aromatic carbocycles. The number of carbonyl (C=O) groups excluding carboxylic acids is 3. The van der Waals surface area contributed by atoms with Gasteiger partial charge in [-0.2, -0.15) is 0 Å². The number of amides is 1. The molecule has 1 aromatic heterocycles. The number of ether oxygens (including phenoxy) is 1. The van der Waals surface area contributed by atoms with E-state index in [2.05, 4.69) is 9.73 Å². The van der Waals surface area contributed by atoms with Gasteiger partial charge in [0, 0.05) is 12.1 Å². The number of hydrogen-bond acceptors (Lipinski definition) is 8. The summed E-state index contributed by atoms with van der Waals surface area (Å²) < 4.78 is 9.62. The summed E-state index contributed by atoms with van der Waals surface area (Å²) in [6.07, 6.45) is 2.98. The highest BCUT2D eigenvalue weighted by atomic mass is 16.5. The van der Waals surface area contributed by atoms with Gasteiger partial charge in [-0.05, 0) is 37.6 Å². The fraction of sp³-hybridized carbons (Fsp3) is 0.300. The number of anilines is 1. The van der Waals surface area contributed by atoms with Crippen molar-refractivity contribution in [3.63, 3.8) is 0 Å². The van der Waals surface area contributed by atoms with E-state index in [1.54, 1.807) is 0 Å². The van der Waals surface area contributed by atoms with Crippen molar-refractivity contribution in [2.75, 3.05) is 5.32 Å². The molecule has 0 fully saturated rings. The summed E-state index contributed by atoms with van der Waals surface area (Å²) >= 11 is 0. The third-order valence-corrected chi connectivity index (χ3v) is 3.99. The van der Waals surface area contributed by atoms with Crippen molar-refractivity contribution in [1.29, 1.82) is 0 Å². The van der Waals surface area contributed by atoms with Crippen LogP contribution in [0.3, 0.4) is 0 Å². The van der Waals surface area contributed by atoms with Crippen LogP contribution in [-0.2, 0) is 4.79 Å². The van der Waals surface area contributed by atoms with E-state index in [1.165, 1.54) is 24.3 Å². The molecule has 0 saturated heterocycles. The van der Waals surface area contributed by atoms with E-state index in [9.17, 15) is 29.4 Å². The maximum absolute atomic E-state index is 12.4. The molecule has 0 saturated carbocycles. The van der Waals surface area contributed by atoms with Crippen molar-refractivity contribution in [1.82, 2.24) is 0 Å². The topological polar surface area (TPSA) is 143 Å². The fourth-order valence-corrected chi connectivity index (χ4v) is 2.53. The molecular weight excluding hydrogens is 382 g/mol. The van der Waals surface area contributed by atoms with Gasteiger partial charge in [-0.15, -0.1) is 0 Å². The van der Waals surface area contributed by atoms with E-state index < -0.39 is 40.1 Å². The Morgan fingerprint density at radius 1 is 1.07 bits per heavy atom. The Morgan fingerprint density at radius 2 is 1.72 bits per heavy atom. The molecule has 9 nitrogen and oxygen atoms in total. The third kappa shape index (κ3) is 5.44. The number of Topliss-reactive ketones (excluding diaryl/α,β-unsaturated/α-hetero) is 1. The van der Waals surface area contributed by atoms with Crippen LogP contribution in [0.4, 0.5) is 5.69 Å². The summed E-state index contributed by atoms with van der Waals surface area (Å²) in [5.74, 6) is -3.99. The molecule has 1 heterocycles. The predicted octanol–water partition coefficient (Wildman–Crippen LogP) is 2.99. The van der Waals surface area contributed by atoms with E-state index in [0.29, 0.717) is 12.2 Å². The van der Waals surface area contributed by atoms with Crippen LogP contribution in [0.5, 0.6) is 17.4 Å². The molecule has 0 radical (unpaired) electrons. The van der Waals surface area contributed by atoms with E-state index in [4.69, 9.17) is 4.74 Å². The molecule has 0 atom stereocenters. The van der Waals surface area contributed by atoms with Crippen molar-refractivity contribution in [3.05, 3.63) is 45.8 Å². The summed E-state index contributed by atoms with van der Waals surface area (Å²) in [6.45, 7) is 3.04. The van der Waals surface area contributed by atoms with Crippen molar-refractivity contribution >= 4 is 23.3 Å². The second kappa shape index (κ2) is 9.54. The van der Waals surface area contributed by atoms with E-state index in [0.717, 1.165) is 26.2 Å². The second-order valence-corrected chi connectivity index (χ2v) is 6.26. The minimum Gasteiger partial charge on any atom is -0.506 e. The maximum Gasteiger partial charge on any atom is 0.353 e. The van der Waals surface area contributed by atoms with Gasteiger partial charge in [-0.25, -0.2) is 4.79 Å². The number of benzene rings is 1. The molecule has 0 aliphatic heterocycles. The lowest BCUT2D eigenvalue weighted by Crippen LogP contribution is -2.18. The van der Waals surface area contributed by atoms with Crippen LogP contribution in [0.15, 0.2) is 33.5 Å². The first kappa shape index (κ1) is 21.7. The van der Waals surface area contributed by atoms with Gasteiger partial charge < -0.3 is 24.7 Å². The van der Waals surface area contributed by atoms with Crippen molar-refractivity contribution in [2.45, 2.75) is 39.5 Å². The van der Waals surface area contributed by atoms with Crippen LogP contribution < -0.4 is 15.7 Å². The Morgan fingerprint density at radius 3 is 2.31 bits per heavy atom. The third-order valence-electron chi connectivity index (χ3n) is 3.99. The first-order valence-electron chi connectivity index (χ1n) is 8.96. The number of carbonyl (C=O) groups is 3. The molecule has 154 valence electrons. The standard InChI is InChI=1S/C20H21NO8/c1-3-4-5-6-14(23)28-13-9-7-12(8-10-13)21-18(25)16-17(24)15(11(2)22)19(26)29-20(16)27/h7-10,24,27H,3-6H2,1-2H3,(H,21,25). The molecule has 0 bridgehead atoms. The number of nitrogens with one attached hydrogen (secondary N) is 1. The number of hydrogen-bond donors (Lipinski definition) is 3. The number of rotatable bonds is 8. The summed E-state index contributed by atoms with van der Waals surface area (Å²) in [5.41, 5.74) is -2.50. The van der Waals surface area contributed by atoms with Crippen molar-refractivity contribution in [2.24, 2.45) is 0 Å². The zero-order valence-corrected chi connectivity index (χ0v) is 16.0. The molecule has 0 spiro atoms. The minimum absolute atomic E-state index is 0.246. The summed E-state index contributed by atoms with van der Waals surface area (Å²) in [5, 5.41) is 22.1. The maximum atomic E-state index is 12.4. The monoisotopic (exact) mass is 403 g/mol. The average Bonchev–Trinajstić information content (AvgIpc) is 2.62. The number of esters is 1. The number of aromatic hydroxyl groups is 2. The first-order valence-corrected chi connectivity index (χ1v) is 8.96. The van der Waals surface area contributed by atoms with Gasteiger partial charge in [-0.3, -0.25) is 14.4 Å². The largest absolute Gasteiger partial charge is 0.506 e. The Bertz CT molecular complexity index is 975. The fourth-order valence-electron chi connectivity index (χ4n) is 2.53. The van der Waals surface area contributed by atoms with E-state index >= 15 is 0 Å². The van der Waals surface area contributed by atoms with Crippen LogP contribution >= 0.6 is 0 Å². The SMILES string of the molecule is CCCCCC(=O)Oc1ccc(NC(=O)c2c(O)oc(=O)c(C(C)=O)c2O)cc1. The highest BCUT2D eigenvalue weighted by Gasteiger charge is 2.27. The zero-order chi connectivity index (χ0) is 21.6. The Labute approximate surface area is 165 Å². The summed E-state index contributed by atoms with van der Waals surface area (Å²) in [7, 11) is 0. The molecule has 29 heavy (non-hydrogen) atoms. The highest BCUT2D eigenvalue weighted by Crippen LogP contribution is 2.29. The van der Waals surface area contributed by atoms with Gasteiger partial charge in [0.05, 0.1) is 0 Å². The van der Waals surface area contributed by atoms with Gasteiger partial charge in [0.1, 0.15) is 11.3 Å². The summed E-state index contributed by atoms with van der Waals surface area (Å²) in [6, 6.07) is 5.79. The highest BCUT2D eigenvalue weighted by molar-refractivity contribution is 6.10. The van der Waals surface area contributed by atoms with Gasteiger partial charge in [0.2, 0.25) is 0 Å². The summed E-state index contributed by atoms with van der Waals surface area (Å²) in [4.78, 5) is 47.1. The lowest BCUT2D eigenvalue weighted by Gasteiger charge is -2.10. The first-order chi connectivity index (χ1) is 13.7. The van der Waals surface area contributed by atoms with Gasteiger partial charge in [0.15, 0.2) is 17.1 Å². The normalized spacial score (nSPS) is 10.4. The van der Waals surface area contributed by atoms with Crippen molar-refractivity contribution in [3.8, 4) is 17.4 Å². The predicted molar refractivity (Wildman–Crippen MR) is 102 cm³/mol. The smallest absolute Gasteiger partial charge is 0.353 e. The number of unbranched alkanes of at least 4 members (excludes halogenated alkanes) is 2. The van der Waals surface area contributed by atoms with Crippen molar-refractivity contribution < 1.29 is 33.8 Å². The second-order valence-electron chi connectivity index (χ2n) is 6.26. The van der Waals surface area contributed by atoms with Gasteiger partial charge in [-0.1, -0.05) is 19.8 Å². The zero-order valence-electron chi connectivity index (χ0n) is 16.0. The van der Waals surface area contributed by atoms with Crippen LogP contribution in [0, 0.1) is 0 Å². The van der Waals surface area contributed by atoms with Crippen LogP contribution in [-0.4, -0.2) is 27.9 Å². The Hall–Kier alpha value is -3.62. The lowest BCUT2D eigenvalue weighted by molar-refractivity contribution is -0.134. The number of ketones is 1. The molecule has 9 heteroatoms.